The normalized spacial score (nSPS) is 17.9. The Balaban J connectivity index is 1.34. The number of hydrogen-bond acceptors (Lipinski definition) is 6. The van der Waals surface area contributed by atoms with Gasteiger partial charge in [-0.1, -0.05) is 0 Å². The first-order valence-electron chi connectivity index (χ1n) is 9.17. The van der Waals surface area contributed by atoms with Crippen LogP contribution < -0.4 is 9.80 Å². The van der Waals surface area contributed by atoms with Crippen molar-refractivity contribution in [1.82, 2.24) is 15.1 Å². The maximum absolute atomic E-state index is 12.6. The molecule has 2 aliphatic heterocycles. The molecule has 2 aliphatic rings. The summed E-state index contributed by atoms with van der Waals surface area (Å²) in [6.07, 6.45) is 0. The predicted molar refractivity (Wildman–Crippen MR) is 112 cm³/mol. The molecule has 2 saturated heterocycles. The average molecular weight is 479 g/mol. The highest BCUT2D eigenvalue weighted by Gasteiger charge is 2.23. The number of aromatic nitrogens is 2. The van der Waals surface area contributed by atoms with E-state index >= 15 is 0 Å². The molecule has 0 spiro atoms. The summed E-state index contributed by atoms with van der Waals surface area (Å²) in [5.41, 5.74) is 0.749. The molecule has 0 atom stereocenters. The lowest BCUT2D eigenvalue weighted by Crippen LogP contribution is -2.49. The van der Waals surface area contributed by atoms with Gasteiger partial charge in [0.05, 0.1) is 13.2 Å². The Hall–Kier alpha value is -1.94. The number of hydrogen-bond donors (Lipinski definition) is 0. The molecule has 0 N–H and O–H groups in total. The van der Waals surface area contributed by atoms with Gasteiger partial charge in [-0.15, -0.1) is 10.2 Å². The second kappa shape index (κ2) is 8.39. The van der Waals surface area contributed by atoms with Crippen molar-refractivity contribution in [3.05, 3.63) is 45.5 Å². The van der Waals surface area contributed by atoms with E-state index in [2.05, 4.69) is 42.6 Å². The molecule has 0 unspecified atom stereocenters. The molecule has 7 nitrogen and oxygen atoms in total. The number of rotatable bonds is 3. The van der Waals surface area contributed by atoms with Gasteiger partial charge in [0.15, 0.2) is 11.6 Å². The third-order valence-electron chi connectivity index (χ3n) is 4.95. The van der Waals surface area contributed by atoms with Crippen LogP contribution in [-0.4, -0.2) is 73.5 Å². The topological polar surface area (TPSA) is 61.8 Å². The van der Waals surface area contributed by atoms with Crippen molar-refractivity contribution in [1.29, 1.82) is 0 Å². The third kappa shape index (κ3) is 4.32. The van der Waals surface area contributed by atoms with E-state index in [1.807, 2.05) is 41.3 Å². The van der Waals surface area contributed by atoms with E-state index in [1.54, 1.807) is 0 Å². The predicted octanol–water partition coefficient (Wildman–Crippen LogP) is 1.88. The standard InChI is InChI=1S/C19H22IN5O2/c20-16-3-1-15(2-4-16)19(26)25-9-7-23(8-10-25)17-5-6-18(22-21-17)24-11-13-27-14-12-24/h1-6H,7-14H2. The number of carbonyl (C=O) groups excluding carboxylic acids is 1. The van der Waals surface area contributed by atoms with Crippen LogP contribution in [0.25, 0.3) is 0 Å². The van der Waals surface area contributed by atoms with E-state index in [9.17, 15) is 4.79 Å². The molecule has 2 aromatic rings. The number of morpholine rings is 1. The number of carbonyl (C=O) groups is 1. The SMILES string of the molecule is O=C(c1ccc(I)cc1)N1CCN(c2ccc(N3CCOCC3)nn2)CC1. The summed E-state index contributed by atoms with van der Waals surface area (Å²) in [7, 11) is 0. The Morgan fingerprint density at radius 1 is 0.815 bits per heavy atom. The summed E-state index contributed by atoms with van der Waals surface area (Å²) >= 11 is 2.25. The van der Waals surface area contributed by atoms with Crippen LogP contribution in [0.4, 0.5) is 11.6 Å². The maximum atomic E-state index is 12.6. The van der Waals surface area contributed by atoms with Crippen molar-refractivity contribution in [3.8, 4) is 0 Å². The average Bonchev–Trinajstić information content (AvgIpc) is 2.75. The molecule has 4 rings (SSSR count). The van der Waals surface area contributed by atoms with Crippen LogP contribution in [0.5, 0.6) is 0 Å². The van der Waals surface area contributed by atoms with Crippen molar-refractivity contribution in [2.24, 2.45) is 0 Å². The number of piperazine rings is 1. The first kappa shape index (κ1) is 18.4. The van der Waals surface area contributed by atoms with Crippen LogP contribution in [0.2, 0.25) is 0 Å². The second-order valence-corrected chi connectivity index (χ2v) is 7.88. The molecular weight excluding hydrogens is 457 g/mol. The summed E-state index contributed by atoms with van der Waals surface area (Å²) in [6.45, 7) is 6.10. The Morgan fingerprint density at radius 2 is 1.37 bits per heavy atom. The van der Waals surface area contributed by atoms with Gasteiger partial charge >= 0.3 is 0 Å². The van der Waals surface area contributed by atoms with Crippen LogP contribution in [0.15, 0.2) is 36.4 Å². The highest BCUT2D eigenvalue weighted by molar-refractivity contribution is 14.1. The molecule has 142 valence electrons. The molecule has 3 heterocycles. The van der Waals surface area contributed by atoms with E-state index < -0.39 is 0 Å². The summed E-state index contributed by atoms with van der Waals surface area (Å²) in [5.74, 6) is 1.86. The zero-order chi connectivity index (χ0) is 18.6. The minimum Gasteiger partial charge on any atom is -0.378 e. The van der Waals surface area contributed by atoms with E-state index in [0.29, 0.717) is 13.1 Å². The highest BCUT2D eigenvalue weighted by atomic mass is 127. The molecule has 0 saturated carbocycles. The van der Waals surface area contributed by atoms with E-state index in [4.69, 9.17) is 4.74 Å². The molecule has 27 heavy (non-hydrogen) atoms. The molecule has 0 radical (unpaired) electrons. The van der Waals surface area contributed by atoms with Crippen LogP contribution in [-0.2, 0) is 4.74 Å². The monoisotopic (exact) mass is 479 g/mol. The second-order valence-electron chi connectivity index (χ2n) is 6.64. The largest absolute Gasteiger partial charge is 0.378 e. The van der Waals surface area contributed by atoms with Gasteiger partial charge in [0.25, 0.3) is 5.91 Å². The molecule has 0 bridgehead atoms. The Labute approximate surface area is 172 Å². The zero-order valence-corrected chi connectivity index (χ0v) is 17.2. The highest BCUT2D eigenvalue weighted by Crippen LogP contribution is 2.18. The summed E-state index contributed by atoms with van der Waals surface area (Å²) in [5, 5.41) is 8.79. The minimum absolute atomic E-state index is 0.0970. The van der Waals surface area contributed by atoms with Crippen LogP contribution in [0.1, 0.15) is 10.4 Å². The number of halogens is 1. The molecule has 0 aliphatic carbocycles. The van der Waals surface area contributed by atoms with Crippen molar-refractivity contribution in [3.63, 3.8) is 0 Å². The molecule has 1 aromatic carbocycles. The first-order valence-corrected chi connectivity index (χ1v) is 10.2. The molecular formula is C19H22IN5O2. The van der Waals surface area contributed by atoms with Crippen LogP contribution >= 0.6 is 22.6 Å². The van der Waals surface area contributed by atoms with Gasteiger partial charge in [-0.2, -0.15) is 0 Å². The van der Waals surface area contributed by atoms with Gasteiger partial charge in [0.2, 0.25) is 0 Å². The van der Waals surface area contributed by atoms with Gasteiger partial charge in [0.1, 0.15) is 0 Å². The third-order valence-corrected chi connectivity index (χ3v) is 5.67. The van der Waals surface area contributed by atoms with Gasteiger partial charge in [-0.25, -0.2) is 0 Å². The van der Waals surface area contributed by atoms with E-state index in [-0.39, 0.29) is 5.91 Å². The van der Waals surface area contributed by atoms with Gasteiger partial charge in [-0.05, 0) is 59.0 Å². The van der Waals surface area contributed by atoms with Gasteiger partial charge < -0.3 is 19.4 Å². The molecule has 2 fully saturated rings. The fraction of sp³-hybridized carbons (Fsp3) is 0.421. The minimum atomic E-state index is 0.0970. The van der Waals surface area contributed by atoms with Crippen molar-refractivity contribution in [2.75, 3.05) is 62.3 Å². The van der Waals surface area contributed by atoms with Crippen molar-refractivity contribution < 1.29 is 9.53 Å². The van der Waals surface area contributed by atoms with Crippen LogP contribution in [0, 0.1) is 3.57 Å². The molecule has 1 aromatic heterocycles. The number of anilines is 2. The van der Waals surface area contributed by atoms with Crippen molar-refractivity contribution >= 4 is 40.1 Å². The Kier molecular flexibility index (Phi) is 5.72. The Morgan fingerprint density at radius 3 is 1.93 bits per heavy atom. The molecule has 1 amide bonds. The fourth-order valence-electron chi connectivity index (χ4n) is 3.36. The number of nitrogens with zero attached hydrogens (tertiary/aromatic N) is 5. The van der Waals surface area contributed by atoms with Gasteiger partial charge in [-0.3, -0.25) is 4.79 Å². The lowest BCUT2D eigenvalue weighted by atomic mass is 10.2. The number of amides is 1. The first-order chi connectivity index (χ1) is 13.2. The smallest absolute Gasteiger partial charge is 0.253 e. The zero-order valence-electron chi connectivity index (χ0n) is 15.1. The van der Waals surface area contributed by atoms with Gasteiger partial charge in [0, 0.05) is 48.4 Å². The Bertz CT molecular complexity index is 770. The summed E-state index contributed by atoms with van der Waals surface area (Å²) in [6, 6.07) is 11.8. The van der Waals surface area contributed by atoms with E-state index in [0.717, 1.165) is 60.2 Å². The van der Waals surface area contributed by atoms with Crippen molar-refractivity contribution in [2.45, 2.75) is 0 Å². The summed E-state index contributed by atoms with van der Waals surface area (Å²) in [4.78, 5) is 18.9. The quantitative estimate of drug-likeness (QED) is 0.627. The van der Waals surface area contributed by atoms with E-state index in [1.165, 1.54) is 0 Å². The number of benzene rings is 1. The fourth-order valence-corrected chi connectivity index (χ4v) is 3.72. The summed E-state index contributed by atoms with van der Waals surface area (Å²) < 4.78 is 6.51. The molecule has 8 heteroatoms. The maximum Gasteiger partial charge on any atom is 0.253 e. The lowest BCUT2D eigenvalue weighted by molar-refractivity contribution is 0.0746. The number of ether oxygens (including phenoxy) is 1. The van der Waals surface area contributed by atoms with Crippen LogP contribution in [0.3, 0.4) is 0 Å². The lowest BCUT2D eigenvalue weighted by Gasteiger charge is -2.35.